The Bertz CT molecular complexity index is 1070. The van der Waals surface area contributed by atoms with Crippen molar-refractivity contribution in [2.24, 2.45) is 10.8 Å². The zero-order valence-electron chi connectivity index (χ0n) is 18.4. The molecule has 0 fully saturated rings. The van der Waals surface area contributed by atoms with E-state index >= 15 is 0 Å². The fraction of sp³-hybridized carbons (Fsp3) is 0.478. The highest BCUT2D eigenvalue weighted by atomic mass is 35.5. The molecule has 1 aromatic carbocycles. The minimum Gasteiger partial charge on any atom is -0.481 e. The van der Waals surface area contributed by atoms with Crippen LogP contribution in [0.15, 0.2) is 12.1 Å². The molecule has 0 spiro atoms. The van der Waals surface area contributed by atoms with Crippen molar-refractivity contribution in [1.29, 1.82) is 0 Å². The second-order valence-corrected chi connectivity index (χ2v) is 9.73. The van der Waals surface area contributed by atoms with E-state index in [1.165, 1.54) is 20.8 Å². The summed E-state index contributed by atoms with van der Waals surface area (Å²) >= 11 is 13.0. The van der Waals surface area contributed by atoms with E-state index in [0.29, 0.717) is 42.4 Å². The van der Waals surface area contributed by atoms with E-state index in [-0.39, 0.29) is 28.2 Å². The molecule has 2 aliphatic rings. The topological polar surface area (TPSA) is 127 Å². The molecule has 0 aliphatic heterocycles. The normalized spacial score (nSPS) is 20.4. The number of carbonyl (C=O) groups is 4. The molecule has 8 nitrogen and oxygen atoms in total. The SMILES string of the molecule is CC(=O)OCCC12CCC(=O)C=C1c1c(cc(OC(C(=O)O)C(C)(C)C(=O)O)c(Cl)c1Cl)C2. The molecular weight excluding hydrogens is 475 g/mol. The van der Waals surface area contributed by atoms with E-state index in [4.69, 9.17) is 32.7 Å². The van der Waals surface area contributed by atoms with Crippen LogP contribution in [0.5, 0.6) is 5.75 Å². The van der Waals surface area contributed by atoms with Gasteiger partial charge in [-0.25, -0.2) is 4.79 Å². The summed E-state index contributed by atoms with van der Waals surface area (Å²) < 4.78 is 10.7. The Hall–Kier alpha value is -2.58. The Morgan fingerprint density at radius 2 is 1.88 bits per heavy atom. The van der Waals surface area contributed by atoms with Crippen molar-refractivity contribution < 1.29 is 38.9 Å². The van der Waals surface area contributed by atoms with Gasteiger partial charge in [-0.3, -0.25) is 14.4 Å². The van der Waals surface area contributed by atoms with Gasteiger partial charge >= 0.3 is 17.9 Å². The first-order chi connectivity index (χ1) is 15.3. The predicted molar refractivity (Wildman–Crippen MR) is 120 cm³/mol. The number of esters is 1. The summed E-state index contributed by atoms with van der Waals surface area (Å²) in [7, 11) is 0. The number of allylic oxidation sites excluding steroid dienone is 2. The standard InChI is InChI=1S/C23H24Cl2O8/c1-11(26)32-7-6-23-5-4-13(27)9-14(23)16-12(10-23)8-15(17(24)18(16)25)33-19(20(28)29)22(2,3)21(30)31/h8-9,19H,4-7,10H2,1-3H3,(H,28,29)(H,30,31). The van der Waals surface area contributed by atoms with Gasteiger partial charge in [-0.1, -0.05) is 23.2 Å². The number of halogens is 2. The smallest absolute Gasteiger partial charge is 0.346 e. The van der Waals surface area contributed by atoms with Gasteiger partial charge in [0.15, 0.2) is 5.78 Å². The Kier molecular flexibility index (Phi) is 6.82. The molecule has 2 unspecified atom stereocenters. The quantitative estimate of drug-likeness (QED) is 0.510. The zero-order chi connectivity index (χ0) is 24.7. The third kappa shape index (κ3) is 4.59. The maximum atomic E-state index is 12.2. The van der Waals surface area contributed by atoms with Crippen molar-refractivity contribution in [2.75, 3.05) is 6.61 Å². The van der Waals surface area contributed by atoms with Crippen LogP contribution in [0.2, 0.25) is 10.0 Å². The third-order valence-electron chi connectivity index (χ3n) is 6.34. The van der Waals surface area contributed by atoms with Crippen molar-refractivity contribution in [3.63, 3.8) is 0 Å². The van der Waals surface area contributed by atoms with Gasteiger partial charge in [-0.2, -0.15) is 0 Å². The second kappa shape index (κ2) is 8.99. The molecule has 2 N–H and O–H groups in total. The lowest BCUT2D eigenvalue weighted by atomic mass is 9.70. The van der Waals surface area contributed by atoms with Crippen molar-refractivity contribution in [1.82, 2.24) is 0 Å². The highest BCUT2D eigenvalue weighted by Gasteiger charge is 2.47. The fourth-order valence-electron chi connectivity index (χ4n) is 4.42. The maximum absolute atomic E-state index is 12.2. The van der Waals surface area contributed by atoms with Crippen molar-refractivity contribution in [2.45, 2.75) is 52.6 Å². The molecule has 0 saturated heterocycles. The van der Waals surface area contributed by atoms with Gasteiger partial charge in [-0.15, -0.1) is 0 Å². The van der Waals surface area contributed by atoms with Crippen LogP contribution in [0.25, 0.3) is 5.57 Å². The summed E-state index contributed by atoms with van der Waals surface area (Å²) in [6, 6.07) is 1.55. The Balaban J connectivity index is 2.05. The van der Waals surface area contributed by atoms with E-state index in [0.717, 1.165) is 0 Å². The van der Waals surface area contributed by atoms with Crippen LogP contribution < -0.4 is 4.74 Å². The van der Waals surface area contributed by atoms with Crippen molar-refractivity contribution in [3.05, 3.63) is 33.3 Å². The number of carboxylic acids is 2. The number of benzene rings is 1. The first kappa shape index (κ1) is 25.1. The molecule has 0 amide bonds. The molecule has 2 aliphatic carbocycles. The number of ketones is 1. The number of hydrogen-bond donors (Lipinski definition) is 2. The monoisotopic (exact) mass is 498 g/mol. The lowest BCUT2D eigenvalue weighted by Crippen LogP contribution is -2.46. The van der Waals surface area contributed by atoms with E-state index in [9.17, 15) is 29.4 Å². The van der Waals surface area contributed by atoms with Gasteiger partial charge in [0.25, 0.3) is 0 Å². The average Bonchev–Trinajstić information content (AvgIpc) is 3.02. The summed E-state index contributed by atoms with van der Waals surface area (Å²) in [5.74, 6) is -3.32. The van der Waals surface area contributed by atoms with E-state index in [1.54, 1.807) is 12.1 Å². The van der Waals surface area contributed by atoms with Crippen LogP contribution in [0.4, 0.5) is 0 Å². The van der Waals surface area contributed by atoms with Crippen molar-refractivity contribution >= 4 is 52.5 Å². The highest BCUT2D eigenvalue weighted by Crippen LogP contribution is 2.58. The third-order valence-corrected chi connectivity index (χ3v) is 7.19. The molecule has 0 heterocycles. The minimum atomic E-state index is -1.76. The summed E-state index contributed by atoms with van der Waals surface area (Å²) in [5.41, 5.74) is -0.270. The number of fused-ring (bicyclic) bond motifs is 3. The van der Waals surface area contributed by atoms with Gasteiger partial charge in [0, 0.05) is 24.3 Å². The summed E-state index contributed by atoms with van der Waals surface area (Å²) in [4.78, 5) is 46.9. The summed E-state index contributed by atoms with van der Waals surface area (Å²) in [6.07, 6.45) is 1.59. The molecule has 0 bridgehead atoms. The van der Waals surface area contributed by atoms with E-state index in [2.05, 4.69) is 0 Å². The van der Waals surface area contributed by atoms with Gasteiger partial charge in [0.1, 0.15) is 16.2 Å². The molecule has 0 radical (unpaired) electrons. The first-order valence-electron chi connectivity index (χ1n) is 10.3. The molecule has 0 aromatic heterocycles. The zero-order valence-corrected chi connectivity index (χ0v) is 19.9. The predicted octanol–water partition coefficient (Wildman–Crippen LogP) is 4.18. The van der Waals surface area contributed by atoms with Crippen LogP contribution in [0.3, 0.4) is 0 Å². The molecule has 178 valence electrons. The first-order valence-corrected chi connectivity index (χ1v) is 11.1. The highest BCUT2D eigenvalue weighted by molar-refractivity contribution is 6.44. The molecule has 1 aromatic rings. The molecule has 0 saturated carbocycles. The number of carboxylic acid groups (broad SMARTS) is 2. The van der Waals surface area contributed by atoms with Crippen molar-refractivity contribution in [3.8, 4) is 5.75 Å². The number of rotatable bonds is 8. The Labute approximate surface area is 200 Å². The summed E-state index contributed by atoms with van der Waals surface area (Å²) in [5, 5.41) is 19.1. The number of carbonyl (C=O) groups excluding carboxylic acids is 2. The van der Waals surface area contributed by atoms with Crippen LogP contribution in [0.1, 0.15) is 51.2 Å². The Morgan fingerprint density at radius 1 is 1.21 bits per heavy atom. The number of aliphatic carboxylic acids is 2. The van der Waals surface area contributed by atoms with Crippen LogP contribution >= 0.6 is 23.2 Å². The lowest BCUT2D eigenvalue weighted by molar-refractivity contribution is -0.164. The van der Waals surface area contributed by atoms with Gasteiger partial charge in [0.05, 0.1) is 11.6 Å². The van der Waals surface area contributed by atoms with E-state index in [1.807, 2.05) is 0 Å². The second-order valence-electron chi connectivity index (χ2n) is 8.97. The number of ether oxygens (including phenoxy) is 2. The van der Waals surface area contributed by atoms with Crippen LogP contribution in [0, 0.1) is 10.8 Å². The van der Waals surface area contributed by atoms with Crippen LogP contribution in [-0.4, -0.2) is 46.6 Å². The summed E-state index contributed by atoms with van der Waals surface area (Å²) in [6.45, 7) is 3.97. The molecule has 33 heavy (non-hydrogen) atoms. The largest absolute Gasteiger partial charge is 0.481 e. The molecule has 3 rings (SSSR count). The van der Waals surface area contributed by atoms with Crippen LogP contribution in [-0.2, 0) is 30.3 Å². The van der Waals surface area contributed by atoms with Gasteiger partial charge in [0.2, 0.25) is 6.10 Å². The average molecular weight is 499 g/mol. The number of hydrogen-bond acceptors (Lipinski definition) is 6. The molecule has 2 atom stereocenters. The van der Waals surface area contributed by atoms with Gasteiger partial charge < -0.3 is 19.7 Å². The minimum absolute atomic E-state index is 0.0529. The molecule has 10 heteroatoms. The molecular formula is C23H24Cl2O8. The Morgan fingerprint density at radius 3 is 2.45 bits per heavy atom. The lowest BCUT2D eigenvalue weighted by Gasteiger charge is -2.33. The fourth-order valence-corrected chi connectivity index (χ4v) is 4.93. The maximum Gasteiger partial charge on any atom is 0.346 e. The van der Waals surface area contributed by atoms with Gasteiger partial charge in [-0.05, 0) is 56.4 Å². The van der Waals surface area contributed by atoms with E-state index < -0.39 is 34.8 Å².